The third kappa shape index (κ3) is 3.83. The number of carbonyl (C=O) groups excluding carboxylic acids is 2. The van der Waals surface area contributed by atoms with Gasteiger partial charge in [0.1, 0.15) is 0 Å². The second-order valence-corrected chi connectivity index (χ2v) is 8.55. The van der Waals surface area contributed by atoms with Crippen molar-refractivity contribution in [2.75, 3.05) is 39.4 Å². The molecule has 2 amide bonds. The van der Waals surface area contributed by atoms with Crippen molar-refractivity contribution in [3.8, 4) is 0 Å². The lowest BCUT2D eigenvalue weighted by Crippen LogP contribution is -2.47. The van der Waals surface area contributed by atoms with Gasteiger partial charge in [0.2, 0.25) is 5.91 Å². The number of likely N-dealkylation sites (N-methyl/N-ethyl adjacent to an activating group) is 1. The molecular formula is C23H31N3O3. The zero-order valence-corrected chi connectivity index (χ0v) is 17.2. The van der Waals surface area contributed by atoms with Gasteiger partial charge >= 0.3 is 0 Å². The third-order valence-corrected chi connectivity index (χ3v) is 7.13. The Morgan fingerprint density at radius 2 is 1.97 bits per heavy atom. The molecule has 1 aromatic rings. The molecule has 3 heterocycles. The van der Waals surface area contributed by atoms with E-state index in [9.17, 15) is 9.59 Å². The molecule has 0 unspecified atom stereocenters. The number of fused-ring (bicyclic) bond motifs is 2. The van der Waals surface area contributed by atoms with Crippen molar-refractivity contribution in [3.63, 3.8) is 0 Å². The average molecular weight is 398 g/mol. The number of likely N-dealkylation sites (tertiary alicyclic amines) is 2. The van der Waals surface area contributed by atoms with Crippen LogP contribution in [0.25, 0.3) is 0 Å². The lowest BCUT2D eigenvalue weighted by Gasteiger charge is -2.42. The van der Waals surface area contributed by atoms with Gasteiger partial charge in [0.05, 0.1) is 13.2 Å². The molecule has 1 N–H and O–H groups in total. The fourth-order valence-corrected chi connectivity index (χ4v) is 5.37. The van der Waals surface area contributed by atoms with Gasteiger partial charge in [-0.1, -0.05) is 25.6 Å². The Balaban J connectivity index is 1.36. The molecule has 0 radical (unpaired) electrons. The van der Waals surface area contributed by atoms with Gasteiger partial charge in [-0.2, -0.15) is 0 Å². The molecular weight excluding hydrogens is 366 g/mol. The number of benzene rings is 1. The Morgan fingerprint density at radius 1 is 1.24 bits per heavy atom. The number of amides is 2. The summed E-state index contributed by atoms with van der Waals surface area (Å²) in [7, 11) is 0. The van der Waals surface area contributed by atoms with Gasteiger partial charge in [-0.05, 0) is 48.6 Å². The number of rotatable bonds is 5. The Labute approximate surface area is 172 Å². The number of carbonyl (C=O) groups is 2. The minimum Gasteiger partial charge on any atom is -0.379 e. The zero-order valence-electron chi connectivity index (χ0n) is 17.2. The van der Waals surface area contributed by atoms with Crippen molar-refractivity contribution < 1.29 is 14.3 Å². The van der Waals surface area contributed by atoms with Crippen LogP contribution in [0.3, 0.4) is 0 Å². The Morgan fingerprint density at radius 3 is 2.62 bits per heavy atom. The molecule has 3 aliphatic heterocycles. The first-order valence-corrected chi connectivity index (χ1v) is 10.7. The van der Waals surface area contributed by atoms with Crippen LogP contribution in [0.4, 0.5) is 0 Å². The standard InChI is InChI=1S/C23H31N3O3/c1-3-21(27)24-13-17-5-7-18(8-6-17)22(28)26-11-9-23(10-12-26)16-25(4-2)20-15-29-14-19(20)23/h3,5-8,19-20H,1,4,9-16H2,2H3,(H,24,27)/t19-,20+/m1/s1. The number of piperidine rings is 1. The van der Waals surface area contributed by atoms with Crippen molar-refractivity contribution in [2.24, 2.45) is 11.3 Å². The molecule has 1 spiro atoms. The second kappa shape index (κ2) is 8.28. The van der Waals surface area contributed by atoms with Crippen LogP contribution in [0.5, 0.6) is 0 Å². The van der Waals surface area contributed by atoms with Gasteiger partial charge in [-0.25, -0.2) is 0 Å². The highest BCUT2D eigenvalue weighted by atomic mass is 16.5. The molecule has 0 aliphatic carbocycles. The highest BCUT2D eigenvalue weighted by Crippen LogP contribution is 2.50. The fraction of sp³-hybridized carbons (Fsp3) is 0.565. The number of nitrogens with zero attached hydrogens (tertiary/aromatic N) is 2. The summed E-state index contributed by atoms with van der Waals surface area (Å²) in [6.45, 7) is 11.7. The molecule has 0 aromatic heterocycles. The first-order valence-electron chi connectivity index (χ1n) is 10.7. The highest BCUT2D eigenvalue weighted by Gasteiger charge is 2.55. The van der Waals surface area contributed by atoms with E-state index in [0.717, 1.165) is 57.8 Å². The predicted octanol–water partition coefficient (Wildman–Crippen LogP) is 2.06. The number of nitrogens with one attached hydrogen (secondary N) is 1. The summed E-state index contributed by atoms with van der Waals surface area (Å²) in [6.07, 6.45) is 3.38. The minimum absolute atomic E-state index is 0.103. The molecule has 2 atom stereocenters. The normalized spacial score (nSPS) is 25.8. The molecule has 6 heteroatoms. The van der Waals surface area contributed by atoms with Gasteiger partial charge in [-0.15, -0.1) is 0 Å². The van der Waals surface area contributed by atoms with Crippen LogP contribution in [0, 0.1) is 11.3 Å². The van der Waals surface area contributed by atoms with Gasteiger partial charge in [0.15, 0.2) is 0 Å². The van der Waals surface area contributed by atoms with Crippen molar-refractivity contribution in [1.29, 1.82) is 0 Å². The summed E-state index contributed by atoms with van der Waals surface area (Å²) in [5.74, 6) is 0.520. The van der Waals surface area contributed by atoms with E-state index in [0.29, 0.717) is 29.5 Å². The molecule has 6 nitrogen and oxygen atoms in total. The molecule has 4 rings (SSSR count). The van der Waals surface area contributed by atoms with Gasteiger partial charge in [-0.3, -0.25) is 14.5 Å². The van der Waals surface area contributed by atoms with Crippen molar-refractivity contribution in [1.82, 2.24) is 15.1 Å². The molecule has 1 aromatic carbocycles. The second-order valence-electron chi connectivity index (χ2n) is 8.55. The van der Waals surface area contributed by atoms with Crippen molar-refractivity contribution >= 4 is 11.8 Å². The van der Waals surface area contributed by atoms with Crippen LogP contribution in [-0.4, -0.2) is 67.0 Å². The first-order chi connectivity index (χ1) is 14.1. The molecule has 156 valence electrons. The molecule has 3 saturated heterocycles. The minimum atomic E-state index is -0.198. The largest absolute Gasteiger partial charge is 0.379 e. The summed E-state index contributed by atoms with van der Waals surface area (Å²) in [5.41, 5.74) is 1.98. The number of hydrogen-bond acceptors (Lipinski definition) is 4. The van der Waals surface area contributed by atoms with Crippen LogP contribution < -0.4 is 5.32 Å². The molecule has 29 heavy (non-hydrogen) atoms. The average Bonchev–Trinajstić information content (AvgIpc) is 3.36. The smallest absolute Gasteiger partial charge is 0.253 e. The van der Waals surface area contributed by atoms with E-state index in [4.69, 9.17) is 4.74 Å². The number of hydrogen-bond donors (Lipinski definition) is 1. The van der Waals surface area contributed by atoms with Gasteiger partial charge in [0.25, 0.3) is 5.91 Å². The molecule has 0 bridgehead atoms. The van der Waals surface area contributed by atoms with Crippen molar-refractivity contribution in [2.45, 2.75) is 32.4 Å². The van der Waals surface area contributed by atoms with Gasteiger partial charge < -0.3 is 15.0 Å². The van der Waals surface area contributed by atoms with E-state index in [-0.39, 0.29) is 11.8 Å². The summed E-state index contributed by atoms with van der Waals surface area (Å²) in [4.78, 5) is 28.8. The third-order valence-electron chi connectivity index (χ3n) is 7.13. The van der Waals surface area contributed by atoms with E-state index < -0.39 is 0 Å². The maximum Gasteiger partial charge on any atom is 0.253 e. The van der Waals surface area contributed by atoms with Crippen LogP contribution in [0.15, 0.2) is 36.9 Å². The summed E-state index contributed by atoms with van der Waals surface area (Å²) >= 11 is 0. The van der Waals surface area contributed by atoms with E-state index in [1.165, 1.54) is 6.08 Å². The molecule has 3 aliphatic rings. The molecule has 3 fully saturated rings. The summed E-state index contributed by atoms with van der Waals surface area (Å²) in [6, 6.07) is 8.09. The monoisotopic (exact) mass is 397 g/mol. The first kappa shape index (κ1) is 20.1. The van der Waals surface area contributed by atoms with Crippen LogP contribution >= 0.6 is 0 Å². The van der Waals surface area contributed by atoms with Crippen LogP contribution in [-0.2, 0) is 16.1 Å². The Hall–Kier alpha value is -2.18. The molecule has 0 saturated carbocycles. The quantitative estimate of drug-likeness (QED) is 0.773. The summed E-state index contributed by atoms with van der Waals surface area (Å²) in [5, 5.41) is 2.75. The Bertz CT molecular complexity index is 768. The van der Waals surface area contributed by atoms with Gasteiger partial charge in [0, 0.05) is 43.7 Å². The van der Waals surface area contributed by atoms with E-state index in [2.05, 4.69) is 23.7 Å². The SMILES string of the molecule is C=CC(=O)NCc1ccc(C(=O)N2CCC3(CC2)CN(CC)[C@H]2COC[C@H]23)cc1. The summed E-state index contributed by atoms with van der Waals surface area (Å²) < 4.78 is 5.81. The fourth-order valence-electron chi connectivity index (χ4n) is 5.37. The lowest BCUT2D eigenvalue weighted by molar-refractivity contribution is -0.116. The highest BCUT2D eigenvalue weighted by molar-refractivity contribution is 5.94. The number of ether oxygens (including phenoxy) is 1. The predicted molar refractivity (Wildman–Crippen MR) is 111 cm³/mol. The van der Waals surface area contributed by atoms with Crippen LogP contribution in [0.2, 0.25) is 0 Å². The Kier molecular flexibility index (Phi) is 5.74. The van der Waals surface area contributed by atoms with E-state index in [1.54, 1.807) is 0 Å². The zero-order chi connectivity index (χ0) is 20.4. The maximum absolute atomic E-state index is 13.0. The maximum atomic E-state index is 13.0. The van der Waals surface area contributed by atoms with Crippen molar-refractivity contribution in [3.05, 3.63) is 48.0 Å². The van der Waals surface area contributed by atoms with E-state index in [1.807, 2.05) is 29.2 Å². The topological polar surface area (TPSA) is 61.9 Å². The van der Waals surface area contributed by atoms with E-state index >= 15 is 0 Å². The van der Waals surface area contributed by atoms with Crippen LogP contribution in [0.1, 0.15) is 35.7 Å². The lowest BCUT2D eigenvalue weighted by atomic mass is 9.70.